The van der Waals surface area contributed by atoms with Crippen LogP contribution in [-0.2, 0) is 0 Å². The molecule has 0 bridgehead atoms. The average molecular weight is 648 g/mol. The molecule has 0 aliphatic heterocycles. The lowest BCUT2D eigenvalue weighted by atomic mass is 10.0. The molecule has 0 fully saturated rings. The number of rotatable bonds is 7. The number of urea groups is 1. The molecule has 0 spiro atoms. The molecule has 2 heterocycles. The van der Waals surface area contributed by atoms with Crippen molar-refractivity contribution in [1.29, 1.82) is 5.26 Å². The van der Waals surface area contributed by atoms with Crippen molar-refractivity contribution in [2.45, 2.75) is 33.1 Å². The minimum absolute atomic E-state index is 0.0284. The summed E-state index contributed by atoms with van der Waals surface area (Å²) in [4.78, 5) is 21.6. The number of nitrogens with one attached hydrogen (secondary N) is 1. The summed E-state index contributed by atoms with van der Waals surface area (Å²) in [7, 11) is 0. The first kappa shape index (κ1) is 31.9. The van der Waals surface area contributed by atoms with E-state index in [1.807, 2.05) is 26.2 Å². The van der Waals surface area contributed by atoms with Crippen LogP contribution in [-0.4, -0.2) is 31.7 Å². The fourth-order valence-electron chi connectivity index (χ4n) is 4.51. The highest BCUT2D eigenvalue weighted by atomic mass is 32.1. The monoisotopic (exact) mass is 647 g/mol. The van der Waals surface area contributed by atoms with Crippen LogP contribution in [0.1, 0.15) is 36.6 Å². The van der Waals surface area contributed by atoms with Gasteiger partial charge in [0.05, 0.1) is 16.9 Å². The van der Waals surface area contributed by atoms with Gasteiger partial charge in [-0.1, -0.05) is 38.1 Å². The quantitative estimate of drug-likeness (QED) is 0.146. The van der Waals surface area contributed by atoms with E-state index < -0.39 is 12.4 Å². The topological polar surface area (TPSA) is 110 Å². The number of hydrogen-bond acceptors (Lipinski definition) is 6. The normalized spacial score (nSPS) is 12.3. The van der Waals surface area contributed by atoms with Gasteiger partial charge >= 0.3 is 12.4 Å². The molecular formula is C32H25F4N7O2S. The summed E-state index contributed by atoms with van der Waals surface area (Å²) in [5.74, 6) is -0.329. The smallest absolute Gasteiger partial charge is 0.406 e. The van der Waals surface area contributed by atoms with E-state index in [1.54, 1.807) is 34.9 Å². The Labute approximate surface area is 264 Å². The van der Waals surface area contributed by atoms with Crippen LogP contribution >= 0.6 is 11.3 Å². The van der Waals surface area contributed by atoms with Gasteiger partial charge in [0.2, 0.25) is 0 Å². The maximum Gasteiger partial charge on any atom is 0.573 e. The molecule has 0 saturated carbocycles. The van der Waals surface area contributed by atoms with Crippen LogP contribution < -0.4 is 14.9 Å². The van der Waals surface area contributed by atoms with Crippen LogP contribution in [0.15, 0.2) is 89.6 Å². The number of alkyl halides is 3. The third-order valence-electron chi connectivity index (χ3n) is 6.67. The number of amides is 2. The average Bonchev–Trinajstić information content (AvgIpc) is 3.64. The molecule has 2 amide bonds. The molecule has 0 aliphatic carbocycles. The van der Waals surface area contributed by atoms with E-state index in [-0.39, 0.29) is 23.1 Å². The van der Waals surface area contributed by atoms with Crippen LogP contribution in [0.4, 0.5) is 22.4 Å². The third kappa shape index (κ3) is 7.39. The number of benzene rings is 3. The highest BCUT2D eigenvalue weighted by molar-refractivity contribution is 7.07. The van der Waals surface area contributed by atoms with Crippen LogP contribution in [0.2, 0.25) is 0 Å². The standard InChI is InChI=1S/C32H25F4N7O2S/c1-19(2)27-14-24(33)8-13-28(27)43-20(3)17-46-31(43)40-30(44)38-16-23(15-37)21-4-6-22(7-5-21)29-39-18-42(41-29)25-9-11-26(12-10-25)45-32(34,35)36/h4-14,16-19H,1-3H3,(H,38,44)/b23-16+,40-31?. The Morgan fingerprint density at radius 1 is 1.11 bits per heavy atom. The van der Waals surface area contributed by atoms with E-state index in [9.17, 15) is 27.6 Å². The van der Waals surface area contributed by atoms with Gasteiger partial charge in [-0.15, -0.1) is 29.6 Å². The summed E-state index contributed by atoms with van der Waals surface area (Å²) in [5.41, 5.74) is 4.10. The molecule has 46 heavy (non-hydrogen) atoms. The second-order valence-corrected chi connectivity index (χ2v) is 11.1. The predicted molar refractivity (Wildman–Crippen MR) is 164 cm³/mol. The number of thiazole rings is 1. The number of allylic oxidation sites excluding steroid dienone is 1. The summed E-state index contributed by atoms with van der Waals surface area (Å²) >= 11 is 1.26. The van der Waals surface area contributed by atoms with Crippen LogP contribution in [0.25, 0.3) is 28.3 Å². The van der Waals surface area contributed by atoms with Crippen molar-refractivity contribution in [2.24, 2.45) is 4.99 Å². The fourth-order valence-corrected chi connectivity index (χ4v) is 5.37. The Morgan fingerprint density at radius 2 is 1.83 bits per heavy atom. The lowest BCUT2D eigenvalue weighted by Crippen LogP contribution is -2.22. The van der Waals surface area contributed by atoms with Crippen molar-refractivity contribution in [3.8, 4) is 34.6 Å². The Hall–Kier alpha value is -5.55. The second-order valence-electron chi connectivity index (χ2n) is 10.2. The van der Waals surface area contributed by atoms with Gasteiger partial charge in [-0.2, -0.15) is 10.3 Å². The van der Waals surface area contributed by atoms with Gasteiger partial charge in [0.25, 0.3) is 0 Å². The molecule has 2 aromatic heterocycles. The summed E-state index contributed by atoms with van der Waals surface area (Å²) < 4.78 is 58.3. The molecule has 14 heteroatoms. The first-order valence-electron chi connectivity index (χ1n) is 13.7. The number of ether oxygens (including phenoxy) is 1. The van der Waals surface area contributed by atoms with E-state index in [2.05, 4.69) is 31.2 Å². The highest BCUT2D eigenvalue weighted by Gasteiger charge is 2.31. The first-order chi connectivity index (χ1) is 21.9. The van der Waals surface area contributed by atoms with E-state index in [4.69, 9.17) is 0 Å². The molecule has 9 nitrogen and oxygen atoms in total. The molecule has 0 radical (unpaired) electrons. The predicted octanol–water partition coefficient (Wildman–Crippen LogP) is 7.43. The molecule has 0 aliphatic rings. The number of aromatic nitrogens is 4. The second kappa shape index (κ2) is 13.2. The zero-order chi connectivity index (χ0) is 33.0. The van der Waals surface area contributed by atoms with E-state index >= 15 is 0 Å². The van der Waals surface area contributed by atoms with Crippen molar-refractivity contribution >= 4 is 22.9 Å². The lowest BCUT2D eigenvalue weighted by Gasteiger charge is -2.15. The largest absolute Gasteiger partial charge is 0.573 e. The van der Waals surface area contributed by atoms with E-state index in [0.29, 0.717) is 27.4 Å². The Bertz CT molecular complexity index is 2020. The molecule has 3 aromatic carbocycles. The van der Waals surface area contributed by atoms with Crippen molar-refractivity contribution in [1.82, 2.24) is 24.6 Å². The SMILES string of the molecule is Cc1csc(=NC(=O)N/C=C(\C#N)c2ccc(-c3ncn(-c4ccc(OC(F)(F)F)cc4)n3)cc2)n1-c1ccc(F)cc1C(C)C. The van der Waals surface area contributed by atoms with Gasteiger partial charge in [-0.3, -0.25) is 4.57 Å². The van der Waals surface area contributed by atoms with E-state index in [0.717, 1.165) is 16.9 Å². The third-order valence-corrected chi connectivity index (χ3v) is 7.61. The maximum absolute atomic E-state index is 14.0. The van der Waals surface area contributed by atoms with Gasteiger partial charge in [0, 0.05) is 22.8 Å². The summed E-state index contributed by atoms with van der Waals surface area (Å²) in [6.07, 6.45) is -2.10. The highest BCUT2D eigenvalue weighted by Crippen LogP contribution is 2.26. The van der Waals surface area contributed by atoms with Gasteiger partial charge in [0.1, 0.15) is 24.0 Å². The number of carbonyl (C=O) groups is 1. The van der Waals surface area contributed by atoms with Crippen molar-refractivity contribution < 1.29 is 27.1 Å². The van der Waals surface area contributed by atoms with Crippen molar-refractivity contribution in [3.63, 3.8) is 0 Å². The van der Waals surface area contributed by atoms with Gasteiger partial charge in [-0.05, 0) is 66.4 Å². The molecule has 5 aromatic rings. The fraction of sp³-hybridized carbons (Fsp3) is 0.156. The first-order valence-corrected chi connectivity index (χ1v) is 14.6. The number of carbonyl (C=O) groups excluding carboxylic acids is 1. The molecule has 0 saturated heterocycles. The Balaban J connectivity index is 1.31. The zero-order valence-electron chi connectivity index (χ0n) is 24.6. The molecule has 1 N–H and O–H groups in total. The maximum atomic E-state index is 14.0. The Morgan fingerprint density at radius 3 is 2.48 bits per heavy atom. The lowest BCUT2D eigenvalue weighted by molar-refractivity contribution is -0.274. The summed E-state index contributed by atoms with van der Waals surface area (Å²) in [5, 5.41) is 18.5. The van der Waals surface area contributed by atoms with Crippen LogP contribution in [0.5, 0.6) is 5.75 Å². The van der Waals surface area contributed by atoms with Crippen LogP contribution in [0.3, 0.4) is 0 Å². The van der Waals surface area contributed by atoms with Crippen LogP contribution in [0, 0.1) is 24.1 Å². The minimum atomic E-state index is -4.79. The minimum Gasteiger partial charge on any atom is -0.406 e. The number of nitriles is 1. The number of nitrogens with zero attached hydrogens (tertiary/aromatic N) is 6. The van der Waals surface area contributed by atoms with Crippen molar-refractivity contribution in [3.05, 3.63) is 112 Å². The van der Waals surface area contributed by atoms with Gasteiger partial charge in [0.15, 0.2) is 10.6 Å². The molecular weight excluding hydrogens is 622 g/mol. The molecule has 0 unspecified atom stereocenters. The van der Waals surface area contributed by atoms with Gasteiger partial charge in [-0.25, -0.2) is 18.9 Å². The molecule has 5 rings (SSSR count). The van der Waals surface area contributed by atoms with Gasteiger partial charge < -0.3 is 10.1 Å². The Kier molecular flexibility index (Phi) is 9.15. The number of hydrogen-bond donors (Lipinski definition) is 1. The summed E-state index contributed by atoms with van der Waals surface area (Å²) in [6, 6.07) is 17.8. The van der Waals surface area contributed by atoms with E-state index in [1.165, 1.54) is 64.9 Å². The zero-order valence-corrected chi connectivity index (χ0v) is 25.4. The van der Waals surface area contributed by atoms with Crippen molar-refractivity contribution in [2.75, 3.05) is 0 Å². The summed E-state index contributed by atoms with van der Waals surface area (Å²) in [6.45, 7) is 5.78. The number of halogens is 4. The number of aryl methyl sites for hydroxylation is 1. The molecule has 0 atom stereocenters. The molecule has 234 valence electrons.